The summed E-state index contributed by atoms with van der Waals surface area (Å²) in [6.07, 6.45) is 6.76. The lowest BCUT2D eigenvalue weighted by molar-refractivity contribution is 0.253. The summed E-state index contributed by atoms with van der Waals surface area (Å²) in [6, 6.07) is 1.53. The number of nitrogens with two attached hydrogens (primary N) is 1. The average molecular weight is 334 g/mol. The molecule has 102 valence electrons. The predicted molar refractivity (Wildman–Crippen MR) is 78.2 cm³/mol. The van der Waals surface area contributed by atoms with Crippen LogP contribution in [0.25, 0.3) is 11.3 Å². The molecule has 6 nitrogen and oxygen atoms in total. The monoisotopic (exact) mass is 333 g/mol. The summed E-state index contributed by atoms with van der Waals surface area (Å²) in [4.78, 5) is 25.7. The van der Waals surface area contributed by atoms with Crippen LogP contribution >= 0.6 is 15.9 Å². The molecule has 0 saturated heterocycles. The largest absolute Gasteiger partial charge is 0.351 e. The number of hydrogen-bond acceptors (Lipinski definition) is 4. The second-order valence-corrected chi connectivity index (χ2v) is 5.34. The minimum absolute atomic E-state index is 0.464. The van der Waals surface area contributed by atoms with Crippen LogP contribution in [0.5, 0.6) is 0 Å². The van der Waals surface area contributed by atoms with E-state index in [4.69, 9.17) is 5.73 Å². The molecule has 2 amide bonds. The summed E-state index contributed by atoms with van der Waals surface area (Å²) in [6.45, 7) is 0.616. The Bertz CT molecular complexity index is 676. The number of primary amides is 1. The number of fused-ring (bicyclic) bond motifs is 1. The van der Waals surface area contributed by atoms with Crippen molar-refractivity contribution in [2.75, 3.05) is 11.4 Å². The van der Waals surface area contributed by atoms with Crippen LogP contribution in [0.1, 0.15) is 12.0 Å². The Morgan fingerprint density at radius 3 is 2.95 bits per heavy atom. The van der Waals surface area contributed by atoms with Crippen LogP contribution < -0.4 is 10.6 Å². The van der Waals surface area contributed by atoms with Crippen LogP contribution in [0, 0.1) is 0 Å². The molecule has 2 aromatic heterocycles. The molecule has 0 atom stereocenters. The standard InChI is InChI=1S/C13H12BrN5O/c14-11-7-16-6-10(18-11)9-4-8-2-1-3-19(13(15)20)12(8)17-5-9/h4-7H,1-3H2,(H2,15,20). The van der Waals surface area contributed by atoms with Gasteiger partial charge in [-0.15, -0.1) is 0 Å². The van der Waals surface area contributed by atoms with Gasteiger partial charge in [-0.25, -0.2) is 14.8 Å². The summed E-state index contributed by atoms with van der Waals surface area (Å²) in [5.74, 6) is 0.649. The van der Waals surface area contributed by atoms with Gasteiger partial charge in [0.15, 0.2) is 0 Å². The fourth-order valence-corrected chi connectivity index (χ4v) is 2.61. The van der Waals surface area contributed by atoms with Crippen LogP contribution in [0.15, 0.2) is 29.3 Å². The minimum Gasteiger partial charge on any atom is -0.351 e. The lowest BCUT2D eigenvalue weighted by Gasteiger charge is -2.26. The number of amides is 2. The Kier molecular flexibility index (Phi) is 3.35. The minimum atomic E-state index is -0.464. The van der Waals surface area contributed by atoms with Gasteiger partial charge < -0.3 is 5.73 Å². The molecule has 0 bridgehead atoms. The van der Waals surface area contributed by atoms with Crippen molar-refractivity contribution in [1.82, 2.24) is 15.0 Å². The molecule has 0 spiro atoms. The number of aromatic nitrogens is 3. The lowest BCUT2D eigenvalue weighted by atomic mass is 10.0. The van der Waals surface area contributed by atoms with Crippen molar-refractivity contribution in [3.63, 3.8) is 0 Å². The number of aryl methyl sites for hydroxylation is 1. The van der Waals surface area contributed by atoms with Crippen molar-refractivity contribution < 1.29 is 4.79 Å². The van der Waals surface area contributed by atoms with Crippen LogP contribution in [-0.2, 0) is 6.42 Å². The number of urea groups is 1. The predicted octanol–water partition coefficient (Wildman–Crippen LogP) is 2.13. The van der Waals surface area contributed by atoms with Gasteiger partial charge in [0, 0.05) is 18.3 Å². The fraction of sp³-hybridized carbons (Fsp3) is 0.231. The first kappa shape index (κ1) is 13.0. The molecule has 3 rings (SSSR count). The quantitative estimate of drug-likeness (QED) is 0.866. The molecule has 20 heavy (non-hydrogen) atoms. The van der Waals surface area contributed by atoms with Crippen molar-refractivity contribution in [1.29, 1.82) is 0 Å². The molecular formula is C13H12BrN5O. The molecule has 7 heteroatoms. The number of halogens is 1. The molecule has 1 aliphatic heterocycles. The molecule has 3 heterocycles. The second-order valence-electron chi connectivity index (χ2n) is 4.53. The first-order valence-electron chi connectivity index (χ1n) is 6.19. The van der Waals surface area contributed by atoms with Gasteiger partial charge in [-0.3, -0.25) is 9.88 Å². The van der Waals surface area contributed by atoms with Crippen molar-refractivity contribution >= 4 is 27.8 Å². The highest BCUT2D eigenvalue weighted by Gasteiger charge is 2.22. The van der Waals surface area contributed by atoms with Gasteiger partial charge in [-0.2, -0.15) is 0 Å². The molecule has 2 N–H and O–H groups in total. The van der Waals surface area contributed by atoms with E-state index < -0.39 is 6.03 Å². The number of nitrogens with zero attached hydrogens (tertiary/aromatic N) is 4. The second kappa shape index (κ2) is 5.16. The Morgan fingerprint density at radius 1 is 1.35 bits per heavy atom. The maximum absolute atomic E-state index is 11.4. The lowest BCUT2D eigenvalue weighted by Crippen LogP contribution is -2.40. The SMILES string of the molecule is NC(=O)N1CCCc2cc(-c3cncc(Br)n3)cnc21. The van der Waals surface area contributed by atoms with E-state index in [-0.39, 0.29) is 0 Å². The van der Waals surface area contributed by atoms with Crippen molar-refractivity contribution in [2.45, 2.75) is 12.8 Å². The van der Waals surface area contributed by atoms with Crippen molar-refractivity contribution in [2.24, 2.45) is 5.73 Å². The molecule has 0 aromatic carbocycles. The summed E-state index contributed by atoms with van der Waals surface area (Å²) in [5.41, 5.74) is 8.00. The molecule has 1 aliphatic rings. The van der Waals surface area contributed by atoms with Gasteiger partial charge >= 0.3 is 6.03 Å². The summed E-state index contributed by atoms with van der Waals surface area (Å²) < 4.78 is 0.673. The molecular weight excluding hydrogens is 322 g/mol. The van der Waals surface area contributed by atoms with E-state index in [2.05, 4.69) is 30.9 Å². The van der Waals surface area contributed by atoms with Crippen LogP contribution in [0.2, 0.25) is 0 Å². The van der Waals surface area contributed by atoms with E-state index in [9.17, 15) is 4.79 Å². The zero-order valence-electron chi connectivity index (χ0n) is 10.6. The molecule has 0 unspecified atom stereocenters. The number of anilines is 1. The highest BCUT2D eigenvalue weighted by molar-refractivity contribution is 9.10. The fourth-order valence-electron chi connectivity index (χ4n) is 2.30. The Labute approximate surface area is 124 Å². The van der Waals surface area contributed by atoms with E-state index in [0.717, 1.165) is 29.7 Å². The third-order valence-corrected chi connectivity index (χ3v) is 3.58. The van der Waals surface area contributed by atoms with E-state index >= 15 is 0 Å². The average Bonchev–Trinajstić information content (AvgIpc) is 2.46. The smallest absolute Gasteiger partial charge is 0.320 e. The number of carbonyl (C=O) groups is 1. The van der Waals surface area contributed by atoms with Gasteiger partial charge in [0.1, 0.15) is 10.4 Å². The van der Waals surface area contributed by atoms with E-state index in [1.54, 1.807) is 18.6 Å². The van der Waals surface area contributed by atoms with Crippen molar-refractivity contribution in [3.8, 4) is 11.3 Å². The maximum Gasteiger partial charge on any atom is 0.320 e. The van der Waals surface area contributed by atoms with Crippen LogP contribution in [0.4, 0.5) is 10.6 Å². The number of carbonyl (C=O) groups excluding carboxylic acids is 1. The number of hydrogen-bond donors (Lipinski definition) is 1. The zero-order chi connectivity index (χ0) is 14.1. The van der Waals surface area contributed by atoms with Crippen LogP contribution in [-0.4, -0.2) is 27.5 Å². The van der Waals surface area contributed by atoms with Crippen LogP contribution in [0.3, 0.4) is 0 Å². The summed E-state index contributed by atoms with van der Waals surface area (Å²) in [7, 11) is 0. The van der Waals surface area contributed by atoms with E-state index in [0.29, 0.717) is 17.0 Å². The summed E-state index contributed by atoms with van der Waals surface area (Å²) in [5, 5.41) is 0. The van der Waals surface area contributed by atoms with Gasteiger partial charge in [0.25, 0.3) is 0 Å². The highest BCUT2D eigenvalue weighted by atomic mass is 79.9. The molecule has 2 aromatic rings. The van der Waals surface area contributed by atoms with Gasteiger partial charge in [-0.05, 0) is 40.4 Å². The maximum atomic E-state index is 11.4. The number of rotatable bonds is 1. The van der Waals surface area contributed by atoms with Crippen molar-refractivity contribution in [3.05, 3.63) is 34.8 Å². The Hall–Kier alpha value is -2.02. The van der Waals surface area contributed by atoms with Gasteiger partial charge in [-0.1, -0.05) is 0 Å². The topological polar surface area (TPSA) is 85.0 Å². The third kappa shape index (κ3) is 2.36. The van der Waals surface area contributed by atoms with E-state index in [1.807, 2.05) is 6.07 Å². The van der Waals surface area contributed by atoms with Gasteiger partial charge in [0.2, 0.25) is 0 Å². The normalized spacial score (nSPS) is 13.9. The molecule has 0 aliphatic carbocycles. The molecule has 0 radical (unpaired) electrons. The zero-order valence-corrected chi connectivity index (χ0v) is 12.2. The first-order chi connectivity index (χ1) is 9.65. The summed E-state index contributed by atoms with van der Waals surface area (Å²) >= 11 is 3.30. The third-order valence-electron chi connectivity index (χ3n) is 3.19. The number of pyridine rings is 1. The Balaban J connectivity index is 2.03. The first-order valence-corrected chi connectivity index (χ1v) is 6.98. The molecule has 0 saturated carbocycles. The van der Waals surface area contributed by atoms with E-state index in [1.165, 1.54) is 4.90 Å². The van der Waals surface area contributed by atoms with Gasteiger partial charge in [0.05, 0.1) is 18.1 Å². The molecule has 0 fully saturated rings. The Morgan fingerprint density at radius 2 is 2.20 bits per heavy atom. The highest BCUT2D eigenvalue weighted by Crippen LogP contribution is 2.28.